The summed E-state index contributed by atoms with van der Waals surface area (Å²) in [6, 6.07) is 10.2. The van der Waals surface area contributed by atoms with Gasteiger partial charge >= 0.3 is 0 Å². The van der Waals surface area contributed by atoms with Crippen LogP contribution in [-0.2, 0) is 6.54 Å². The van der Waals surface area contributed by atoms with Gasteiger partial charge in [0, 0.05) is 45.5 Å². The van der Waals surface area contributed by atoms with Crippen LogP contribution in [0.1, 0.15) is 10.6 Å². The number of benzene rings is 1. The summed E-state index contributed by atoms with van der Waals surface area (Å²) in [6.07, 6.45) is 1.84. The Morgan fingerprint density at radius 1 is 1.25 bits per heavy atom. The standard InChI is InChI=1S/C15H14BrN3S/c1-9-6-11-12(8-18-9)13(17)3-4-14(11)19-7-10-2-5-15(16)20-10/h2-6,8,19H,7,17H2,1H3. The Morgan fingerprint density at radius 2 is 2.10 bits per heavy atom. The van der Waals surface area contributed by atoms with Crippen molar-refractivity contribution in [3.8, 4) is 0 Å². The highest BCUT2D eigenvalue weighted by Gasteiger charge is 2.06. The van der Waals surface area contributed by atoms with Crippen molar-refractivity contribution < 1.29 is 0 Å². The lowest BCUT2D eigenvalue weighted by Crippen LogP contribution is -2.00. The Morgan fingerprint density at radius 3 is 2.85 bits per heavy atom. The molecule has 0 radical (unpaired) electrons. The van der Waals surface area contributed by atoms with Gasteiger partial charge in [-0.3, -0.25) is 4.98 Å². The summed E-state index contributed by atoms with van der Waals surface area (Å²) in [5.74, 6) is 0. The van der Waals surface area contributed by atoms with Crippen LogP contribution in [0.5, 0.6) is 0 Å². The topological polar surface area (TPSA) is 50.9 Å². The molecular formula is C15H14BrN3S. The molecule has 0 aliphatic carbocycles. The van der Waals surface area contributed by atoms with Gasteiger partial charge < -0.3 is 11.1 Å². The molecule has 3 aromatic rings. The van der Waals surface area contributed by atoms with E-state index in [0.29, 0.717) is 0 Å². The molecule has 3 N–H and O–H groups in total. The molecule has 0 saturated heterocycles. The maximum absolute atomic E-state index is 6.01. The van der Waals surface area contributed by atoms with Crippen molar-refractivity contribution in [1.29, 1.82) is 0 Å². The third-order valence-electron chi connectivity index (χ3n) is 3.15. The summed E-state index contributed by atoms with van der Waals surface area (Å²) in [4.78, 5) is 5.60. The normalized spacial score (nSPS) is 10.9. The molecule has 0 fully saturated rings. The molecule has 0 amide bonds. The molecule has 20 heavy (non-hydrogen) atoms. The van der Waals surface area contributed by atoms with Gasteiger partial charge in [-0.15, -0.1) is 11.3 Å². The van der Waals surface area contributed by atoms with E-state index in [2.05, 4.69) is 44.4 Å². The van der Waals surface area contributed by atoms with E-state index in [1.807, 2.05) is 25.3 Å². The molecule has 0 spiro atoms. The van der Waals surface area contributed by atoms with E-state index in [4.69, 9.17) is 5.73 Å². The largest absolute Gasteiger partial charge is 0.398 e. The molecule has 2 aromatic heterocycles. The number of nitrogens with one attached hydrogen (secondary N) is 1. The highest BCUT2D eigenvalue weighted by molar-refractivity contribution is 9.11. The van der Waals surface area contributed by atoms with E-state index < -0.39 is 0 Å². The average Bonchev–Trinajstić information content (AvgIpc) is 2.84. The molecule has 0 aliphatic rings. The quantitative estimate of drug-likeness (QED) is 0.682. The zero-order valence-corrected chi connectivity index (χ0v) is 13.4. The van der Waals surface area contributed by atoms with Crippen LogP contribution in [0, 0.1) is 6.92 Å². The average molecular weight is 348 g/mol. The number of nitrogens with zero attached hydrogens (tertiary/aromatic N) is 1. The van der Waals surface area contributed by atoms with Gasteiger partial charge in [-0.25, -0.2) is 0 Å². The van der Waals surface area contributed by atoms with Crippen molar-refractivity contribution >= 4 is 49.4 Å². The number of aryl methyl sites for hydroxylation is 1. The lowest BCUT2D eigenvalue weighted by molar-refractivity contribution is 1.19. The number of halogens is 1. The highest BCUT2D eigenvalue weighted by Crippen LogP contribution is 2.29. The summed E-state index contributed by atoms with van der Waals surface area (Å²) in [7, 11) is 0. The molecule has 5 heteroatoms. The van der Waals surface area contributed by atoms with Crippen LogP contribution < -0.4 is 11.1 Å². The fourth-order valence-corrected chi connectivity index (χ4v) is 3.57. The predicted octanol–water partition coefficient (Wildman–Crippen LogP) is 4.56. The number of anilines is 2. The van der Waals surface area contributed by atoms with Gasteiger partial charge in [0.1, 0.15) is 0 Å². The third kappa shape index (κ3) is 2.64. The van der Waals surface area contributed by atoms with Crippen molar-refractivity contribution in [3.63, 3.8) is 0 Å². The van der Waals surface area contributed by atoms with Crippen molar-refractivity contribution in [2.24, 2.45) is 0 Å². The van der Waals surface area contributed by atoms with E-state index in [1.54, 1.807) is 11.3 Å². The van der Waals surface area contributed by atoms with Gasteiger partial charge in [-0.1, -0.05) is 0 Å². The van der Waals surface area contributed by atoms with Crippen LogP contribution in [0.2, 0.25) is 0 Å². The first-order valence-electron chi connectivity index (χ1n) is 6.26. The Balaban J connectivity index is 1.95. The van der Waals surface area contributed by atoms with Crippen LogP contribution >= 0.6 is 27.3 Å². The minimum atomic E-state index is 0.761. The van der Waals surface area contributed by atoms with Crippen LogP contribution in [0.3, 0.4) is 0 Å². The van der Waals surface area contributed by atoms with Crippen LogP contribution in [0.15, 0.2) is 40.3 Å². The Bertz CT molecular complexity index is 767. The second-order valence-electron chi connectivity index (χ2n) is 4.63. The SMILES string of the molecule is Cc1cc2c(NCc3ccc(Br)s3)ccc(N)c2cn1. The number of nitrogens with two attached hydrogens (primary N) is 1. The monoisotopic (exact) mass is 347 g/mol. The van der Waals surface area contributed by atoms with Gasteiger partial charge in [-0.2, -0.15) is 0 Å². The van der Waals surface area contributed by atoms with Crippen molar-refractivity contribution in [3.05, 3.63) is 50.9 Å². The maximum Gasteiger partial charge on any atom is 0.0702 e. The first kappa shape index (κ1) is 13.4. The van der Waals surface area contributed by atoms with E-state index in [0.717, 1.165) is 38.2 Å². The third-order valence-corrected chi connectivity index (χ3v) is 4.78. The molecule has 2 heterocycles. The molecule has 0 bridgehead atoms. The summed E-state index contributed by atoms with van der Waals surface area (Å²) in [5.41, 5.74) is 8.85. The van der Waals surface area contributed by atoms with Gasteiger partial charge in [0.2, 0.25) is 0 Å². The lowest BCUT2D eigenvalue weighted by Gasteiger charge is -2.11. The summed E-state index contributed by atoms with van der Waals surface area (Å²) in [6.45, 7) is 2.79. The van der Waals surface area contributed by atoms with Gasteiger partial charge in [-0.05, 0) is 53.2 Å². The Hall–Kier alpha value is -1.59. The van der Waals surface area contributed by atoms with E-state index in [9.17, 15) is 0 Å². The first-order chi connectivity index (χ1) is 9.63. The van der Waals surface area contributed by atoms with Crippen LogP contribution in [0.25, 0.3) is 10.8 Å². The van der Waals surface area contributed by atoms with Crippen molar-refractivity contribution in [2.75, 3.05) is 11.1 Å². The van der Waals surface area contributed by atoms with E-state index in [1.165, 1.54) is 4.88 Å². The molecule has 102 valence electrons. The second-order valence-corrected chi connectivity index (χ2v) is 7.18. The fourth-order valence-electron chi connectivity index (χ4n) is 2.15. The Labute approximate surface area is 130 Å². The number of rotatable bonds is 3. The first-order valence-corrected chi connectivity index (χ1v) is 7.87. The molecule has 1 aromatic carbocycles. The molecular weight excluding hydrogens is 334 g/mol. The molecule has 3 nitrogen and oxygen atoms in total. The number of pyridine rings is 1. The van der Waals surface area contributed by atoms with Crippen molar-refractivity contribution in [2.45, 2.75) is 13.5 Å². The van der Waals surface area contributed by atoms with Crippen LogP contribution in [-0.4, -0.2) is 4.98 Å². The highest BCUT2D eigenvalue weighted by atomic mass is 79.9. The number of thiophene rings is 1. The number of hydrogen-bond acceptors (Lipinski definition) is 4. The minimum absolute atomic E-state index is 0.761. The second kappa shape index (κ2) is 5.42. The number of hydrogen-bond donors (Lipinski definition) is 2. The molecule has 0 unspecified atom stereocenters. The number of aromatic nitrogens is 1. The smallest absolute Gasteiger partial charge is 0.0702 e. The Kier molecular flexibility index (Phi) is 3.63. The summed E-state index contributed by atoms with van der Waals surface area (Å²) >= 11 is 5.22. The molecule has 0 aliphatic heterocycles. The summed E-state index contributed by atoms with van der Waals surface area (Å²) < 4.78 is 1.15. The van der Waals surface area contributed by atoms with E-state index >= 15 is 0 Å². The number of fused-ring (bicyclic) bond motifs is 1. The molecule has 0 saturated carbocycles. The lowest BCUT2D eigenvalue weighted by atomic mass is 10.1. The molecule has 0 atom stereocenters. The predicted molar refractivity (Wildman–Crippen MR) is 90.2 cm³/mol. The molecule has 3 rings (SSSR count). The minimum Gasteiger partial charge on any atom is -0.398 e. The number of nitrogen functional groups attached to an aromatic ring is 1. The fraction of sp³-hybridized carbons (Fsp3) is 0.133. The zero-order chi connectivity index (χ0) is 14.1. The van der Waals surface area contributed by atoms with Gasteiger partial charge in [0.25, 0.3) is 0 Å². The van der Waals surface area contributed by atoms with Crippen molar-refractivity contribution in [1.82, 2.24) is 4.98 Å². The van der Waals surface area contributed by atoms with Gasteiger partial charge in [0.05, 0.1) is 3.79 Å². The zero-order valence-electron chi connectivity index (χ0n) is 11.0. The maximum atomic E-state index is 6.01. The van der Waals surface area contributed by atoms with Crippen LogP contribution in [0.4, 0.5) is 11.4 Å². The van der Waals surface area contributed by atoms with E-state index in [-0.39, 0.29) is 0 Å². The summed E-state index contributed by atoms with van der Waals surface area (Å²) in [5, 5.41) is 5.59. The van der Waals surface area contributed by atoms with Gasteiger partial charge in [0.15, 0.2) is 0 Å².